The van der Waals surface area contributed by atoms with E-state index in [2.05, 4.69) is 41.0 Å². The van der Waals surface area contributed by atoms with Gasteiger partial charge < -0.3 is 20.8 Å². The van der Waals surface area contributed by atoms with Gasteiger partial charge in [-0.15, -0.1) is 34.0 Å². The maximum Gasteiger partial charge on any atom is 0.157 e. The Labute approximate surface area is 194 Å². The fraction of sp³-hybridized carbons (Fsp3) is 0.429. The second-order valence-corrected chi connectivity index (χ2v) is 7.50. The maximum atomic E-state index is 9.46. The van der Waals surface area contributed by atoms with Gasteiger partial charge in [0.15, 0.2) is 11.5 Å². The SMILES string of the molecule is Br.Br.Oc1ccc(CCNCCCSCCNCCc2ccccc2)cc1O. The van der Waals surface area contributed by atoms with Crippen molar-refractivity contribution in [1.29, 1.82) is 0 Å². The standard InChI is InChI=1S/C21H30N2O2S.2BrH/c24-20-8-7-19(17-21(20)25)10-13-22-11-4-15-26-16-14-23-12-9-18-5-2-1-3-6-18;;/h1-3,5-8,17,22-25H,4,9-16H2;2*1H. The van der Waals surface area contributed by atoms with Crippen LogP contribution < -0.4 is 10.6 Å². The molecule has 4 nitrogen and oxygen atoms in total. The Balaban J connectivity index is 0.00000364. The van der Waals surface area contributed by atoms with Gasteiger partial charge in [0.25, 0.3) is 0 Å². The molecule has 0 saturated carbocycles. The van der Waals surface area contributed by atoms with E-state index in [-0.39, 0.29) is 45.5 Å². The Morgan fingerprint density at radius 2 is 1.36 bits per heavy atom. The van der Waals surface area contributed by atoms with Crippen LogP contribution in [0.2, 0.25) is 0 Å². The van der Waals surface area contributed by atoms with Gasteiger partial charge in [0.2, 0.25) is 0 Å². The second-order valence-electron chi connectivity index (χ2n) is 6.27. The molecule has 2 rings (SSSR count). The molecule has 7 heteroatoms. The first kappa shape index (κ1) is 27.3. The van der Waals surface area contributed by atoms with Crippen LogP contribution in [0, 0.1) is 0 Å². The van der Waals surface area contributed by atoms with Gasteiger partial charge in [-0.2, -0.15) is 11.8 Å². The van der Waals surface area contributed by atoms with Crippen LogP contribution in [0.4, 0.5) is 0 Å². The summed E-state index contributed by atoms with van der Waals surface area (Å²) in [5, 5.41) is 25.7. The number of phenols is 2. The Hall–Kier alpha value is -0.730. The summed E-state index contributed by atoms with van der Waals surface area (Å²) >= 11 is 1.99. The van der Waals surface area contributed by atoms with Crippen molar-refractivity contribution in [1.82, 2.24) is 10.6 Å². The number of nitrogens with one attached hydrogen (secondary N) is 2. The van der Waals surface area contributed by atoms with Gasteiger partial charge in [0.1, 0.15) is 0 Å². The van der Waals surface area contributed by atoms with Crippen LogP contribution in [-0.2, 0) is 12.8 Å². The zero-order valence-electron chi connectivity index (χ0n) is 16.1. The van der Waals surface area contributed by atoms with Crippen molar-refractivity contribution in [3.8, 4) is 11.5 Å². The molecule has 0 atom stereocenters. The largest absolute Gasteiger partial charge is 0.504 e. The van der Waals surface area contributed by atoms with E-state index in [4.69, 9.17) is 0 Å². The molecule has 0 aliphatic heterocycles. The summed E-state index contributed by atoms with van der Waals surface area (Å²) in [6, 6.07) is 15.6. The van der Waals surface area contributed by atoms with Crippen LogP contribution in [0.25, 0.3) is 0 Å². The second kappa shape index (κ2) is 17.2. The summed E-state index contributed by atoms with van der Waals surface area (Å²) in [5.41, 5.74) is 2.42. The van der Waals surface area contributed by atoms with E-state index in [0.29, 0.717) is 0 Å². The number of rotatable bonds is 13. The molecule has 0 radical (unpaired) electrons. The minimum Gasteiger partial charge on any atom is -0.504 e. The smallest absolute Gasteiger partial charge is 0.157 e. The highest BCUT2D eigenvalue weighted by molar-refractivity contribution is 8.93. The lowest BCUT2D eigenvalue weighted by Gasteiger charge is -2.07. The highest BCUT2D eigenvalue weighted by atomic mass is 79.9. The van der Waals surface area contributed by atoms with Crippen LogP contribution in [0.1, 0.15) is 17.5 Å². The van der Waals surface area contributed by atoms with E-state index < -0.39 is 0 Å². The molecule has 0 unspecified atom stereocenters. The molecular formula is C21H32Br2N2O2S. The summed E-state index contributed by atoms with van der Waals surface area (Å²) < 4.78 is 0. The molecule has 28 heavy (non-hydrogen) atoms. The van der Waals surface area contributed by atoms with Crippen LogP contribution in [-0.4, -0.2) is 47.9 Å². The first-order valence-electron chi connectivity index (χ1n) is 9.29. The van der Waals surface area contributed by atoms with E-state index in [0.717, 1.165) is 56.8 Å². The molecule has 0 aromatic heterocycles. The van der Waals surface area contributed by atoms with Crippen molar-refractivity contribution in [3.63, 3.8) is 0 Å². The molecule has 0 bridgehead atoms. The third-order valence-corrected chi connectivity index (χ3v) is 5.20. The third-order valence-electron chi connectivity index (χ3n) is 4.13. The van der Waals surface area contributed by atoms with E-state index in [1.54, 1.807) is 6.07 Å². The first-order chi connectivity index (χ1) is 12.8. The Bertz CT molecular complexity index is 633. The number of thioether (sulfide) groups is 1. The van der Waals surface area contributed by atoms with Crippen molar-refractivity contribution >= 4 is 45.7 Å². The number of phenolic OH excluding ortho intramolecular Hbond substituents is 2. The van der Waals surface area contributed by atoms with Crippen molar-refractivity contribution in [2.75, 3.05) is 37.7 Å². The molecule has 0 aliphatic rings. The summed E-state index contributed by atoms with van der Waals surface area (Å²) in [5.74, 6) is 2.22. The zero-order valence-corrected chi connectivity index (χ0v) is 20.3. The molecule has 2 aromatic rings. The first-order valence-corrected chi connectivity index (χ1v) is 10.4. The highest BCUT2D eigenvalue weighted by Gasteiger charge is 2.00. The van der Waals surface area contributed by atoms with Gasteiger partial charge in [-0.25, -0.2) is 0 Å². The molecular weight excluding hydrogens is 504 g/mol. The average Bonchev–Trinajstić information content (AvgIpc) is 2.66. The van der Waals surface area contributed by atoms with Gasteiger partial charge in [-0.05, 0) is 67.9 Å². The maximum absolute atomic E-state index is 9.46. The lowest BCUT2D eigenvalue weighted by Crippen LogP contribution is -2.21. The van der Waals surface area contributed by atoms with Crippen molar-refractivity contribution in [3.05, 3.63) is 59.7 Å². The number of benzene rings is 2. The lowest BCUT2D eigenvalue weighted by atomic mass is 10.1. The molecule has 0 saturated heterocycles. The van der Waals surface area contributed by atoms with Crippen molar-refractivity contribution < 1.29 is 10.2 Å². The quantitative estimate of drug-likeness (QED) is 0.227. The van der Waals surface area contributed by atoms with Gasteiger partial charge in [0, 0.05) is 12.3 Å². The zero-order chi connectivity index (χ0) is 18.5. The van der Waals surface area contributed by atoms with Crippen molar-refractivity contribution in [2.24, 2.45) is 0 Å². The predicted octanol–water partition coefficient (Wildman–Crippen LogP) is 4.34. The Kier molecular flexibility index (Phi) is 16.7. The average molecular weight is 536 g/mol. The molecule has 2 aromatic carbocycles. The van der Waals surface area contributed by atoms with E-state index in [1.165, 1.54) is 17.4 Å². The number of halogens is 2. The molecule has 0 amide bonds. The Morgan fingerprint density at radius 1 is 0.679 bits per heavy atom. The van der Waals surface area contributed by atoms with Gasteiger partial charge >= 0.3 is 0 Å². The fourth-order valence-corrected chi connectivity index (χ4v) is 3.47. The van der Waals surface area contributed by atoms with E-state index in [1.807, 2.05) is 17.8 Å². The molecule has 0 spiro atoms. The van der Waals surface area contributed by atoms with Crippen LogP contribution >= 0.6 is 45.7 Å². The van der Waals surface area contributed by atoms with E-state index in [9.17, 15) is 10.2 Å². The number of hydrogen-bond acceptors (Lipinski definition) is 5. The molecule has 0 heterocycles. The fourth-order valence-electron chi connectivity index (χ4n) is 2.63. The summed E-state index contributed by atoms with van der Waals surface area (Å²) in [4.78, 5) is 0. The predicted molar refractivity (Wildman–Crippen MR) is 132 cm³/mol. The van der Waals surface area contributed by atoms with Gasteiger partial charge in [-0.1, -0.05) is 36.4 Å². The van der Waals surface area contributed by atoms with Crippen LogP contribution in [0.3, 0.4) is 0 Å². The molecule has 4 N–H and O–H groups in total. The van der Waals surface area contributed by atoms with Gasteiger partial charge in [0.05, 0.1) is 0 Å². The monoisotopic (exact) mass is 534 g/mol. The highest BCUT2D eigenvalue weighted by Crippen LogP contribution is 2.24. The molecule has 0 aliphatic carbocycles. The van der Waals surface area contributed by atoms with Crippen LogP contribution in [0.5, 0.6) is 11.5 Å². The number of aromatic hydroxyl groups is 2. The summed E-state index contributed by atoms with van der Waals surface area (Å²) in [7, 11) is 0. The minimum atomic E-state index is -0.0618. The summed E-state index contributed by atoms with van der Waals surface area (Å²) in [6.07, 6.45) is 3.11. The molecule has 158 valence electrons. The summed E-state index contributed by atoms with van der Waals surface area (Å²) in [6.45, 7) is 4.00. The Morgan fingerprint density at radius 3 is 2.07 bits per heavy atom. The lowest BCUT2D eigenvalue weighted by molar-refractivity contribution is 0.403. The minimum absolute atomic E-state index is 0. The van der Waals surface area contributed by atoms with Crippen LogP contribution in [0.15, 0.2) is 48.5 Å². The van der Waals surface area contributed by atoms with E-state index >= 15 is 0 Å². The number of hydrogen-bond donors (Lipinski definition) is 4. The molecule has 0 fully saturated rings. The topological polar surface area (TPSA) is 64.5 Å². The third kappa shape index (κ3) is 12.0. The van der Waals surface area contributed by atoms with Gasteiger partial charge in [-0.3, -0.25) is 0 Å². The van der Waals surface area contributed by atoms with Crippen molar-refractivity contribution in [2.45, 2.75) is 19.3 Å². The normalized spacial score (nSPS) is 10.1.